The predicted octanol–water partition coefficient (Wildman–Crippen LogP) is 3.19. The number of rotatable bonds is 4. The number of hydrogen-bond acceptors (Lipinski definition) is 2. The van der Waals surface area contributed by atoms with E-state index in [2.05, 4.69) is 52.7 Å². The van der Waals surface area contributed by atoms with Gasteiger partial charge in [-0.25, -0.2) is 0 Å². The SMILES string of the molecule is CC(C)C(=O)N(Cc1ccc2ccccc2c1)[C@H]1CCNC1. The molecule has 1 N–H and O–H groups in total. The number of carbonyl (C=O) groups is 1. The number of hydrogen-bond donors (Lipinski definition) is 1. The van der Waals surface area contributed by atoms with Crippen molar-refractivity contribution < 1.29 is 4.79 Å². The fourth-order valence-corrected chi connectivity index (χ4v) is 3.16. The van der Waals surface area contributed by atoms with Crippen LogP contribution in [-0.2, 0) is 11.3 Å². The minimum Gasteiger partial charge on any atom is -0.334 e. The molecule has 1 atom stereocenters. The smallest absolute Gasteiger partial charge is 0.225 e. The molecule has 3 rings (SSSR count). The van der Waals surface area contributed by atoms with Crippen molar-refractivity contribution in [2.24, 2.45) is 5.92 Å². The molecule has 0 radical (unpaired) electrons. The van der Waals surface area contributed by atoms with E-state index in [1.165, 1.54) is 16.3 Å². The van der Waals surface area contributed by atoms with Crippen LogP contribution in [-0.4, -0.2) is 29.9 Å². The van der Waals surface area contributed by atoms with Gasteiger partial charge in [-0.15, -0.1) is 0 Å². The molecule has 1 aliphatic rings. The number of benzene rings is 2. The molecule has 2 aromatic rings. The second-order valence-electron chi connectivity index (χ2n) is 6.45. The Labute approximate surface area is 132 Å². The van der Waals surface area contributed by atoms with Gasteiger partial charge in [0, 0.05) is 25.0 Å². The summed E-state index contributed by atoms with van der Waals surface area (Å²) in [5.74, 6) is 0.294. The van der Waals surface area contributed by atoms with Crippen molar-refractivity contribution in [3.63, 3.8) is 0 Å². The molecular weight excluding hydrogens is 272 g/mol. The Kier molecular flexibility index (Phi) is 4.44. The molecule has 22 heavy (non-hydrogen) atoms. The summed E-state index contributed by atoms with van der Waals surface area (Å²) in [6, 6.07) is 15.2. The first-order valence-electron chi connectivity index (χ1n) is 8.14. The summed E-state index contributed by atoms with van der Waals surface area (Å²) >= 11 is 0. The zero-order valence-corrected chi connectivity index (χ0v) is 13.4. The Bertz CT molecular complexity index is 659. The van der Waals surface area contributed by atoms with Crippen molar-refractivity contribution >= 4 is 16.7 Å². The molecule has 0 unspecified atom stereocenters. The summed E-state index contributed by atoms with van der Waals surface area (Å²) in [7, 11) is 0. The Hall–Kier alpha value is -1.87. The summed E-state index contributed by atoms with van der Waals surface area (Å²) in [5.41, 5.74) is 1.21. The lowest BCUT2D eigenvalue weighted by Gasteiger charge is -2.30. The highest BCUT2D eigenvalue weighted by atomic mass is 16.2. The van der Waals surface area contributed by atoms with E-state index >= 15 is 0 Å². The third-order valence-electron chi connectivity index (χ3n) is 4.42. The maximum Gasteiger partial charge on any atom is 0.225 e. The Morgan fingerprint density at radius 1 is 1.23 bits per heavy atom. The average Bonchev–Trinajstić information content (AvgIpc) is 3.06. The van der Waals surface area contributed by atoms with Gasteiger partial charge in [0.2, 0.25) is 5.91 Å². The van der Waals surface area contributed by atoms with E-state index in [9.17, 15) is 4.79 Å². The molecule has 2 aromatic carbocycles. The van der Waals surface area contributed by atoms with Gasteiger partial charge in [0.25, 0.3) is 0 Å². The first-order chi connectivity index (χ1) is 10.6. The van der Waals surface area contributed by atoms with Gasteiger partial charge >= 0.3 is 0 Å². The van der Waals surface area contributed by atoms with E-state index < -0.39 is 0 Å². The fourth-order valence-electron chi connectivity index (χ4n) is 3.16. The van der Waals surface area contributed by atoms with Crippen molar-refractivity contribution in [3.8, 4) is 0 Å². The molecule has 1 fully saturated rings. The van der Waals surface area contributed by atoms with E-state index in [-0.39, 0.29) is 11.8 Å². The number of nitrogens with one attached hydrogen (secondary N) is 1. The lowest BCUT2D eigenvalue weighted by Crippen LogP contribution is -2.43. The van der Waals surface area contributed by atoms with E-state index in [4.69, 9.17) is 0 Å². The van der Waals surface area contributed by atoms with Crippen molar-refractivity contribution in [2.45, 2.75) is 32.9 Å². The second-order valence-corrected chi connectivity index (χ2v) is 6.45. The van der Waals surface area contributed by atoms with Gasteiger partial charge in [-0.2, -0.15) is 0 Å². The van der Waals surface area contributed by atoms with Crippen LogP contribution in [0.5, 0.6) is 0 Å². The van der Waals surface area contributed by atoms with Crippen LogP contribution in [0.4, 0.5) is 0 Å². The zero-order valence-electron chi connectivity index (χ0n) is 13.4. The minimum absolute atomic E-state index is 0.0426. The Morgan fingerprint density at radius 3 is 2.68 bits per heavy atom. The number of amides is 1. The highest BCUT2D eigenvalue weighted by Crippen LogP contribution is 2.20. The van der Waals surface area contributed by atoms with Gasteiger partial charge in [0.15, 0.2) is 0 Å². The van der Waals surface area contributed by atoms with Gasteiger partial charge < -0.3 is 10.2 Å². The summed E-state index contributed by atoms with van der Waals surface area (Å²) in [5, 5.41) is 5.85. The van der Waals surface area contributed by atoms with E-state index in [0.29, 0.717) is 12.6 Å². The van der Waals surface area contributed by atoms with Crippen LogP contribution in [0.15, 0.2) is 42.5 Å². The van der Waals surface area contributed by atoms with Gasteiger partial charge in [-0.3, -0.25) is 4.79 Å². The van der Waals surface area contributed by atoms with E-state index in [1.807, 2.05) is 13.8 Å². The largest absolute Gasteiger partial charge is 0.334 e. The number of carbonyl (C=O) groups excluding carboxylic acids is 1. The molecule has 1 amide bonds. The number of fused-ring (bicyclic) bond motifs is 1. The standard InChI is InChI=1S/C19H24N2O/c1-14(2)19(22)21(18-9-10-20-12-18)13-15-7-8-16-5-3-4-6-17(16)11-15/h3-8,11,14,18,20H,9-10,12-13H2,1-2H3/t18-/m0/s1. The highest BCUT2D eigenvalue weighted by Gasteiger charge is 2.27. The fraction of sp³-hybridized carbons (Fsp3) is 0.421. The molecular formula is C19H24N2O. The lowest BCUT2D eigenvalue weighted by molar-refractivity contribution is -0.137. The maximum absolute atomic E-state index is 12.6. The lowest BCUT2D eigenvalue weighted by atomic mass is 10.0. The topological polar surface area (TPSA) is 32.3 Å². The predicted molar refractivity (Wildman–Crippen MR) is 90.6 cm³/mol. The van der Waals surface area contributed by atoms with Gasteiger partial charge in [-0.1, -0.05) is 50.2 Å². The molecule has 116 valence electrons. The molecule has 3 nitrogen and oxygen atoms in total. The summed E-state index contributed by atoms with van der Waals surface area (Å²) in [6.45, 7) is 6.58. The second kappa shape index (κ2) is 6.49. The van der Waals surface area contributed by atoms with Crippen molar-refractivity contribution in [2.75, 3.05) is 13.1 Å². The van der Waals surface area contributed by atoms with E-state index in [1.54, 1.807) is 0 Å². The summed E-state index contributed by atoms with van der Waals surface area (Å²) in [4.78, 5) is 14.7. The first kappa shape index (κ1) is 15.0. The molecule has 0 bridgehead atoms. The van der Waals surface area contributed by atoms with Gasteiger partial charge in [0.1, 0.15) is 0 Å². The van der Waals surface area contributed by atoms with Gasteiger partial charge in [0.05, 0.1) is 0 Å². The molecule has 0 spiro atoms. The van der Waals surface area contributed by atoms with Crippen LogP contribution in [0.3, 0.4) is 0 Å². The van der Waals surface area contributed by atoms with Crippen molar-refractivity contribution in [1.29, 1.82) is 0 Å². The van der Waals surface area contributed by atoms with Crippen LogP contribution in [0.2, 0.25) is 0 Å². The van der Waals surface area contributed by atoms with E-state index in [0.717, 1.165) is 19.5 Å². The van der Waals surface area contributed by atoms with Crippen LogP contribution in [0.25, 0.3) is 10.8 Å². The highest BCUT2D eigenvalue weighted by molar-refractivity contribution is 5.83. The quantitative estimate of drug-likeness (QED) is 0.940. The van der Waals surface area contributed by atoms with Crippen LogP contribution >= 0.6 is 0 Å². The normalized spacial score (nSPS) is 18.0. The molecule has 1 heterocycles. The third-order valence-corrected chi connectivity index (χ3v) is 4.42. The van der Waals surface area contributed by atoms with Crippen molar-refractivity contribution in [3.05, 3.63) is 48.0 Å². The Morgan fingerprint density at radius 2 is 2.00 bits per heavy atom. The van der Waals surface area contributed by atoms with Crippen molar-refractivity contribution in [1.82, 2.24) is 10.2 Å². The molecule has 1 saturated heterocycles. The number of nitrogens with zero attached hydrogens (tertiary/aromatic N) is 1. The summed E-state index contributed by atoms with van der Waals surface area (Å²) in [6.07, 6.45) is 1.05. The molecule has 0 saturated carbocycles. The Balaban J connectivity index is 1.85. The third kappa shape index (κ3) is 3.14. The van der Waals surface area contributed by atoms with Crippen LogP contribution in [0, 0.1) is 5.92 Å². The average molecular weight is 296 g/mol. The van der Waals surface area contributed by atoms with Gasteiger partial charge in [-0.05, 0) is 35.4 Å². The summed E-state index contributed by atoms with van der Waals surface area (Å²) < 4.78 is 0. The molecule has 0 aromatic heterocycles. The molecule has 3 heteroatoms. The molecule has 0 aliphatic carbocycles. The zero-order chi connectivity index (χ0) is 15.5. The van der Waals surface area contributed by atoms with Crippen LogP contribution < -0.4 is 5.32 Å². The molecule has 1 aliphatic heterocycles. The van der Waals surface area contributed by atoms with Crippen LogP contribution in [0.1, 0.15) is 25.8 Å². The first-order valence-corrected chi connectivity index (χ1v) is 8.14. The minimum atomic E-state index is 0.0426. The monoisotopic (exact) mass is 296 g/mol. The maximum atomic E-state index is 12.6.